The molecule has 0 fully saturated rings. The highest BCUT2D eigenvalue weighted by atomic mass is 79.9. The number of halogens is 3. The molecule has 1 heterocycles. The molecule has 1 aromatic carbocycles. The Bertz CT molecular complexity index is 519. The van der Waals surface area contributed by atoms with E-state index in [2.05, 4.69) is 21.0 Å². The van der Waals surface area contributed by atoms with Crippen molar-refractivity contribution in [3.05, 3.63) is 46.5 Å². The summed E-state index contributed by atoms with van der Waals surface area (Å²) in [6, 6.07) is 4.63. The fourth-order valence-electron chi connectivity index (χ4n) is 1.78. The lowest BCUT2D eigenvalue weighted by atomic mass is 10.2. The molecule has 0 aliphatic carbocycles. The van der Waals surface area contributed by atoms with E-state index in [0.717, 1.165) is 17.7 Å². The fourth-order valence-corrected chi connectivity index (χ4v) is 2.49. The van der Waals surface area contributed by atoms with Gasteiger partial charge in [-0.05, 0) is 18.6 Å². The van der Waals surface area contributed by atoms with Crippen LogP contribution >= 0.6 is 27.5 Å². The molecule has 0 unspecified atom stereocenters. The number of benzene rings is 1. The lowest BCUT2D eigenvalue weighted by molar-refractivity contribution is 0.607. The third kappa shape index (κ3) is 2.24. The summed E-state index contributed by atoms with van der Waals surface area (Å²) in [7, 11) is 0. The number of hydrogen-bond acceptors (Lipinski definition) is 1. The van der Waals surface area contributed by atoms with Gasteiger partial charge in [0, 0.05) is 16.6 Å². The van der Waals surface area contributed by atoms with E-state index in [0.29, 0.717) is 16.0 Å². The first-order chi connectivity index (χ1) is 8.19. The second-order valence-corrected chi connectivity index (χ2v) is 4.55. The SMILES string of the molecule is CCc1c(CBr)cnn1-c1c(F)cccc1Cl. The molecular formula is C12H11BrClFN2. The Kier molecular flexibility index (Phi) is 3.84. The molecule has 0 radical (unpaired) electrons. The van der Waals surface area contributed by atoms with Crippen molar-refractivity contribution in [1.29, 1.82) is 0 Å². The van der Waals surface area contributed by atoms with Gasteiger partial charge in [0.25, 0.3) is 0 Å². The number of alkyl halides is 1. The predicted molar refractivity (Wildman–Crippen MR) is 70.5 cm³/mol. The highest BCUT2D eigenvalue weighted by Crippen LogP contribution is 2.26. The molecule has 0 aliphatic heterocycles. The fraction of sp³-hybridized carbons (Fsp3) is 0.250. The first-order valence-corrected chi connectivity index (χ1v) is 6.75. The van der Waals surface area contributed by atoms with Crippen molar-refractivity contribution in [2.75, 3.05) is 0 Å². The lowest BCUT2D eigenvalue weighted by Gasteiger charge is -2.09. The molecule has 0 saturated carbocycles. The Labute approximate surface area is 113 Å². The minimum atomic E-state index is -0.364. The van der Waals surface area contributed by atoms with E-state index in [1.54, 1.807) is 23.0 Å². The molecule has 0 bridgehead atoms. The van der Waals surface area contributed by atoms with Gasteiger partial charge >= 0.3 is 0 Å². The van der Waals surface area contributed by atoms with Crippen molar-refractivity contribution in [3.63, 3.8) is 0 Å². The van der Waals surface area contributed by atoms with E-state index in [9.17, 15) is 4.39 Å². The zero-order valence-corrected chi connectivity index (χ0v) is 11.6. The molecule has 0 spiro atoms. The summed E-state index contributed by atoms with van der Waals surface area (Å²) in [6.07, 6.45) is 2.50. The molecule has 2 aromatic rings. The molecule has 0 N–H and O–H groups in total. The molecule has 0 aliphatic rings. The summed E-state index contributed by atoms with van der Waals surface area (Å²) in [5.74, 6) is -0.364. The molecule has 0 amide bonds. The largest absolute Gasteiger partial charge is 0.233 e. The Hall–Kier alpha value is -0.870. The van der Waals surface area contributed by atoms with Crippen LogP contribution < -0.4 is 0 Å². The van der Waals surface area contributed by atoms with Crippen molar-refractivity contribution >= 4 is 27.5 Å². The van der Waals surface area contributed by atoms with Crippen LogP contribution in [0.3, 0.4) is 0 Å². The molecule has 0 saturated heterocycles. The van der Waals surface area contributed by atoms with Crippen LogP contribution in [0, 0.1) is 5.82 Å². The van der Waals surface area contributed by atoms with Crippen molar-refractivity contribution in [3.8, 4) is 5.69 Å². The predicted octanol–water partition coefficient (Wildman–Crippen LogP) is 4.12. The molecule has 1 aromatic heterocycles. The lowest BCUT2D eigenvalue weighted by Crippen LogP contribution is -2.05. The summed E-state index contributed by atoms with van der Waals surface area (Å²) < 4.78 is 15.4. The average Bonchev–Trinajstić information content (AvgIpc) is 2.71. The Morgan fingerprint density at radius 2 is 2.24 bits per heavy atom. The third-order valence-corrected chi connectivity index (χ3v) is 3.49. The zero-order chi connectivity index (χ0) is 12.4. The number of para-hydroxylation sites is 1. The number of nitrogens with zero attached hydrogens (tertiary/aromatic N) is 2. The number of aromatic nitrogens is 2. The van der Waals surface area contributed by atoms with Gasteiger partial charge in [0.15, 0.2) is 0 Å². The summed E-state index contributed by atoms with van der Waals surface area (Å²) in [5.41, 5.74) is 2.33. The van der Waals surface area contributed by atoms with Crippen LogP contribution in [-0.4, -0.2) is 9.78 Å². The first-order valence-electron chi connectivity index (χ1n) is 5.25. The van der Waals surface area contributed by atoms with E-state index < -0.39 is 0 Å². The van der Waals surface area contributed by atoms with Crippen LogP contribution in [0.5, 0.6) is 0 Å². The highest BCUT2D eigenvalue weighted by Gasteiger charge is 2.15. The third-order valence-electron chi connectivity index (χ3n) is 2.58. The Morgan fingerprint density at radius 3 is 2.82 bits per heavy atom. The van der Waals surface area contributed by atoms with E-state index >= 15 is 0 Å². The molecule has 17 heavy (non-hydrogen) atoms. The minimum Gasteiger partial charge on any atom is -0.233 e. The van der Waals surface area contributed by atoms with Gasteiger partial charge in [-0.2, -0.15) is 5.10 Å². The smallest absolute Gasteiger partial charge is 0.150 e. The van der Waals surface area contributed by atoms with Crippen molar-refractivity contribution in [2.45, 2.75) is 18.7 Å². The van der Waals surface area contributed by atoms with Crippen molar-refractivity contribution in [1.82, 2.24) is 9.78 Å². The van der Waals surface area contributed by atoms with Gasteiger partial charge in [0.05, 0.1) is 11.2 Å². The van der Waals surface area contributed by atoms with Gasteiger partial charge in [0.1, 0.15) is 11.5 Å². The van der Waals surface area contributed by atoms with E-state index in [1.165, 1.54) is 6.07 Å². The van der Waals surface area contributed by atoms with Crippen LogP contribution in [0.4, 0.5) is 4.39 Å². The number of hydrogen-bond donors (Lipinski definition) is 0. The molecule has 90 valence electrons. The second kappa shape index (κ2) is 5.19. The molecule has 0 atom stereocenters. The molecular weight excluding hydrogens is 307 g/mol. The zero-order valence-electron chi connectivity index (χ0n) is 9.25. The van der Waals surface area contributed by atoms with Crippen LogP contribution in [0.25, 0.3) is 5.69 Å². The molecule has 2 nitrogen and oxygen atoms in total. The maximum Gasteiger partial charge on any atom is 0.150 e. The Balaban J connectivity index is 2.64. The average molecular weight is 318 g/mol. The standard InChI is InChI=1S/C12H11BrClFN2/c1-2-11-8(6-13)7-16-17(11)12-9(14)4-3-5-10(12)15/h3-5,7H,2,6H2,1H3. The second-order valence-electron chi connectivity index (χ2n) is 3.59. The van der Waals surface area contributed by atoms with Gasteiger partial charge in [0.2, 0.25) is 0 Å². The first kappa shape index (κ1) is 12.6. The van der Waals surface area contributed by atoms with Gasteiger partial charge < -0.3 is 0 Å². The van der Waals surface area contributed by atoms with E-state index in [-0.39, 0.29) is 5.82 Å². The van der Waals surface area contributed by atoms with Crippen molar-refractivity contribution < 1.29 is 4.39 Å². The summed E-state index contributed by atoms with van der Waals surface area (Å²) in [6.45, 7) is 2.01. The Morgan fingerprint density at radius 1 is 1.47 bits per heavy atom. The van der Waals surface area contributed by atoms with Gasteiger partial charge in [-0.3, -0.25) is 0 Å². The van der Waals surface area contributed by atoms with Crippen LogP contribution in [0.15, 0.2) is 24.4 Å². The highest BCUT2D eigenvalue weighted by molar-refractivity contribution is 9.08. The maximum atomic E-state index is 13.8. The van der Waals surface area contributed by atoms with Gasteiger partial charge in [-0.1, -0.05) is 40.5 Å². The molecule has 5 heteroatoms. The topological polar surface area (TPSA) is 17.8 Å². The van der Waals surface area contributed by atoms with Crippen LogP contribution in [0.2, 0.25) is 5.02 Å². The minimum absolute atomic E-state index is 0.318. The van der Waals surface area contributed by atoms with Crippen LogP contribution in [-0.2, 0) is 11.8 Å². The summed E-state index contributed by atoms with van der Waals surface area (Å²) in [4.78, 5) is 0. The normalized spacial score (nSPS) is 10.8. The van der Waals surface area contributed by atoms with Gasteiger partial charge in [-0.25, -0.2) is 9.07 Å². The van der Waals surface area contributed by atoms with Crippen molar-refractivity contribution in [2.24, 2.45) is 0 Å². The monoisotopic (exact) mass is 316 g/mol. The quantitative estimate of drug-likeness (QED) is 0.779. The summed E-state index contributed by atoms with van der Waals surface area (Å²) >= 11 is 9.42. The van der Waals surface area contributed by atoms with E-state index in [4.69, 9.17) is 11.6 Å². The van der Waals surface area contributed by atoms with E-state index in [1.807, 2.05) is 6.92 Å². The van der Waals surface area contributed by atoms with Gasteiger partial charge in [-0.15, -0.1) is 0 Å². The number of rotatable bonds is 3. The molecule has 2 rings (SSSR count). The summed E-state index contributed by atoms with van der Waals surface area (Å²) in [5, 5.41) is 5.27. The van der Waals surface area contributed by atoms with Crippen LogP contribution in [0.1, 0.15) is 18.2 Å². The maximum absolute atomic E-state index is 13.8.